The minimum atomic E-state index is -0.512. The molecular formula is C5H4N2O2. The van der Waals surface area contributed by atoms with E-state index in [-0.39, 0.29) is 12.5 Å². The highest BCUT2D eigenvalue weighted by Crippen LogP contribution is 1.93. The summed E-state index contributed by atoms with van der Waals surface area (Å²) < 4.78 is 0. The molecule has 4 heteroatoms. The maximum atomic E-state index is 10.5. The zero-order valence-electron chi connectivity index (χ0n) is 4.55. The van der Waals surface area contributed by atoms with E-state index in [2.05, 4.69) is 0 Å². The normalized spacial score (nSPS) is 17.4. The Hall–Kier alpha value is -1.50. The van der Waals surface area contributed by atoms with Crippen LogP contribution in [0.4, 0.5) is 4.79 Å². The zero-order valence-corrected chi connectivity index (χ0v) is 4.55. The highest BCUT2D eigenvalue weighted by atomic mass is 16.2. The van der Waals surface area contributed by atoms with Crippen molar-refractivity contribution < 1.29 is 9.59 Å². The van der Waals surface area contributed by atoms with Gasteiger partial charge < -0.3 is 0 Å². The molecule has 1 heterocycles. The monoisotopic (exact) mass is 124 g/mol. The predicted molar refractivity (Wildman–Crippen MR) is 29.1 cm³/mol. The second kappa shape index (κ2) is 1.78. The third kappa shape index (κ3) is 0.842. The van der Waals surface area contributed by atoms with Gasteiger partial charge in [0.05, 0.1) is 0 Å². The smallest absolute Gasteiger partial charge is 0.276 e. The van der Waals surface area contributed by atoms with Crippen molar-refractivity contribution in [3.63, 3.8) is 0 Å². The molecule has 0 aromatic carbocycles. The lowest BCUT2D eigenvalue weighted by atomic mass is 10.6. The van der Waals surface area contributed by atoms with Crippen molar-refractivity contribution in [3.05, 3.63) is 0 Å². The number of urea groups is 1. The number of hydrogen-bond acceptors (Lipinski definition) is 2. The average Bonchev–Trinajstić information content (AvgIpc) is 2.10. The summed E-state index contributed by atoms with van der Waals surface area (Å²) in [6.45, 7) is -0.0185. The van der Waals surface area contributed by atoms with Gasteiger partial charge in [0, 0.05) is 6.04 Å². The van der Waals surface area contributed by atoms with E-state index in [1.54, 1.807) is 0 Å². The summed E-state index contributed by atoms with van der Waals surface area (Å²) in [5, 5.41) is 2.02. The van der Waals surface area contributed by atoms with Gasteiger partial charge in [0.25, 0.3) is 0 Å². The Labute approximate surface area is 51.8 Å². The van der Waals surface area contributed by atoms with Gasteiger partial charge in [0.15, 0.2) is 0 Å². The number of terminal acetylenes is 1. The molecule has 9 heavy (non-hydrogen) atoms. The molecule has 0 spiro atoms. The fourth-order valence-electron chi connectivity index (χ4n) is 0.546. The molecule has 1 fully saturated rings. The molecule has 4 nitrogen and oxygen atoms in total. The van der Waals surface area contributed by atoms with Gasteiger partial charge in [-0.3, -0.25) is 10.1 Å². The molecule has 0 radical (unpaired) electrons. The van der Waals surface area contributed by atoms with E-state index in [0.717, 1.165) is 4.90 Å². The summed E-state index contributed by atoms with van der Waals surface area (Å²) in [6, 6.07) is 1.53. The van der Waals surface area contributed by atoms with E-state index < -0.39 is 6.03 Å². The molecule has 1 N–H and O–H groups in total. The Bertz CT molecular complexity index is 203. The fourth-order valence-corrected chi connectivity index (χ4v) is 0.546. The van der Waals surface area contributed by atoms with Crippen LogP contribution in [-0.4, -0.2) is 23.4 Å². The van der Waals surface area contributed by atoms with Crippen LogP contribution in [0, 0.1) is 12.5 Å². The van der Waals surface area contributed by atoms with Crippen LogP contribution >= 0.6 is 0 Å². The topological polar surface area (TPSA) is 49.4 Å². The van der Waals surface area contributed by atoms with Crippen molar-refractivity contribution in [2.24, 2.45) is 0 Å². The first kappa shape index (κ1) is 5.63. The molecule has 1 aliphatic rings. The van der Waals surface area contributed by atoms with E-state index in [9.17, 15) is 9.59 Å². The van der Waals surface area contributed by atoms with Crippen LogP contribution in [0.25, 0.3) is 0 Å². The number of nitrogens with one attached hydrogen (secondary N) is 1. The maximum Gasteiger partial charge on any atom is 0.336 e. The molecule has 0 saturated carbocycles. The molecule has 0 bridgehead atoms. The molecule has 3 amide bonds. The number of hydrogen-bond donors (Lipinski definition) is 1. The summed E-state index contributed by atoms with van der Waals surface area (Å²) in [5.41, 5.74) is 0. The van der Waals surface area contributed by atoms with Crippen molar-refractivity contribution in [1.82, 2.24) is 10.2 Å². The summed E-state index contributed by atoms with van der Waals surface area (Å²) in [5.74, 6) is -0.349. The van der Waals surface area contributed by atoms with Gasteiger partial charge in [0.2, 0.25) is 5.91 Å². The van der Waals surface area contributed by atoms with Gasteiger partial charge in [-0.25, -0.2) is 9.69 Å². The summed E-state index contributed by atoms with van der Waals surface area (Å²) >= 11 is 0. The van der Waals surface area contributed by atoms with E-state index in [1.165, 1.54) is 0 Å². The highest BCUT2D eigenvalue weighted by molar-refractivity contribution is 6.02. The number of amides is 3. The van der Waals surface area contributed by atoms with Crippen LogP contribution in [0.15, 0.2) is 0 Å². The third-order valence-electron chi connectivity index (χ3n) is 0.949. The molecule has 1 rings (SSSR count). The lowest BCUT2D eigenvalue weighted by Gasteiger charge is -1.98. The zero-order chi connectivity index (χ0) is 6.85. The van der Waals surface area contributed by atoms with Crippen LogP contribution in [0.2, 0.25) is 0 Å². The lowest BCUT2D eigenvalue weighted by Crippen LogP contribution is -2.23. The Morgan fingerprint density at radius 2 is 2.33 bits per heavy atom. The third-order valence-corrected chi connectivity index (χ3v) is 0.949. The van der Waals surface area contributed by atoms with Gasteiger partial charge in [-0.1, -0.05) is 6.42 Å². The quantitative estimate of drug-likeness (QED) is 0.337. The predicted octanol–water partition coefficient (Wildman–Crippen LogP) is -0.871. The van der Waals surface area contributed by atoms with E-state index in [1.807, 2.05) is 11.4 Å². The molecule has 0 atom stereocenters. The molecule has 0 aromatic rings. The Morgan fingerprint density at radius 1 is 1.67 bits per heavy atom. The Kier molecular flexibility index (Phi) is 1.12. The molecule has 1 saturated heterocycles. The van der Waals surface area contributed by atoms with Crippen LogP contribution < -0.4 is 5.32 Å². The molecule has 0 aliphatic carbocycles. The average molecular weight is 124 g/mol. The maximum absolute atomic E-state index is 10.5. The molecule has 46 valence electrons. The SMILES string of the molecule is C#CN1CC(=O)NC1=O. The Balaban J connectivity index is 2.72. The van der Waals surface area contributed by atoms with Crippen LogP contribution in [0.1, 0.15) is 0 Å². The fraction of sp³-hybridized carbons (Fsp3) is 0.200. The first-order valence-electron chi connectivity index (χ1n) is 2.31. The second-order valence-electron chi connectivity index (χ2n) is 1.57. The number of rotatable bonds is 0. The van der Waals surface area contributed by atoms with Crippen molar-refractivity contribution in [2.75, 3.05) is 6.54 Å². The van der Waals surface area contributed by atoms with E-state index in [4.69, 9.17) is 6.42 Å². The summed E-state index contributed by atoms with van der Waals surface area (Å²) in [4.78, 5) is 21.8. The minimum absolute atomic E-state index is 0.0185. The second-order valence-corrected chi connectivity index (χ2v) is 1.57. The van der Waals surface area contributed by atoms with Gasteiger partial charge in [-0.05, 0) is 0 Å². The number of carbonyl (C=O) groups is 2. The van der Waals surface area contributed by atoms with Gasteiger partial charge in [-0.2, -0.15) is 0 Å². The number of carbonyl (C=O) groups excluding carboxylic acids is 2. The van der Waals surface area contributed by atoms with Crippen molar-refractivity contribution in [2.45, 2.75) is 0 Å². The highest BCUT2D eigenvalue weighted by Gasteiger charge is 2.24. The van der Waals surface area contributed by atoms with E-state index in [0.29, 0.717) is 0 Å². The number of nitrogens with zero attached hydrogens (tertiary/aromatic N) is 1. The van der Waals surface area contributed by atoms with Crippen LogP contribution in [0.5, 0.6) is 0 Å². The summed E-state index contributed by atoms with van der Waals surface area (Å²) in [7, 11) is 0. The molecule has 0 unspecified atom stereocenters. The number of imide groups is 1. The van der Waals surface area contributed by atoms with Crippen molar-refractivity contribution in [1.29, 1.82) is 0 Å². The van der Waals surface area contributed by atoms with Gasteiger partial charge in [0.1, 0.15) is 6.54 Å². The van der Waals surface area contributed by atoms with Crippen molar-refractivity contribution in [3.8, 4) is 12.5 Å². The minimum Gasteiger partial charge on any atom is -0.276 e. The summed E-state index contributed by atoms with van der Waals surface area (Å²) in [6.07, 6.45) is 4.85. The first-order valence-corrected chi connectivity index (χ1v) is 2.31. The van der Waals surface area contributed by atoms with Gasteiger partial charge in [-0.15, -0.1) is 0 Å². The molecule has 1 aliphatic heterocycles. The lowest BCUT2D eigenvalue weighted by molar-refractivity contribution is -0.118. The van der Waals surface area contributed by atoms with Gasteiger partial charge >= 0.3 is 6.03 Å². The van der Waals surface area contributed by atoms with Crippen molar-refractivity contribution >= 4 is 11.9 Å². The van der Waals surface area contributed by atoms with E-state index >= 15 is 0 Å². The molecule has 0 aromatic heterocycles. The standard InChI is InChI=1S/C5H4N2O2/c1-2-7-3-4(8)6-5(7)9/h1H,3H2,(H,6,8,9). The Morgan fingerprint density at radius 3 is 2.56 bits per heavy atom. The molecular weight excluding hydrogens is 120 g/mol. The first-order chi connectivity index (χ1) is 4.24. The van der Waals surface area contributed by atoms with Crippen LogP contribution in [-0.2, 0) is 4.79 Å². The largest absolute Gasteiger partial charge is 0.336 e. The van der Waals surface area contributed by atoms with Crippen LogP contribution in [0.3, 0.4) is 0 Å².